The van der Waals surface area contributed by atoms with Gasteiger partial charge in [0, 0.05) is 35.7 Å². The van der Waals surface area contributed by atoms with E-state index in [-0.39, 0.29) is 12.5 Å². The number of nitrogens with zero attached hydrogens (tertiary/aromatic N) is 1. The molecule has 1 saturated heterocycles. The standard InChI is InChI=1S/C23H28Cl2N2O3/c1-17-13-18(14-26-23(28)16-30-22-9-5-20(25)6-10-22)15-27(17)11-2-12-29-21-7-3-19(24)4-8-21/h3-10,17-18H,2,11-16H2,1H3,(H,26,28)/t17?,18-/m1/s1. The summed E-state index contributed by atoms with van der Waals surface area (Å²) in [5.74, 6) is 1.83. The van der Waals surface area contributed by atoms with Gasteiger partial charge >= 0.3 is 0 Å². The minimum absolute atomic E-state index is 0.00958. The third-order valence-corrected chi connectivity index (χ3v) is 5.74. The topological polar surface area (TPSA) is 50.8 Å². The normalized spacial score (nSPS) is 18.9. The van der Waals surface area contributed by atoms with Crippen molar-refractivity contribution in [3.63, 3.8) is 0 Å². The van der Waals surface area contributed by atoms with Gasteiger partial charge in [-0.25, -0.2) is 0 Å². The van der Waals surface area contributed by atoms with Crippen LogP contribution in [0.4, 0.5) is 0 Å². The van der Waals surface area contributed by atoms with Crippen LogP contribution in [-0.2, 0) is 4.79 Å². The largest absolute Gasteiger partial charge is 0.494 e. The Bertz CT molecular complexity index is 799. The Kier molecular flexibility index (Phi) is 8.67. The number of halogens is 2. The molecule has 5 nitrogen and oxygen atoms in total. The molecule has 1 N–H and O–H groups in total. The van der Waals surface area contributed by atoms with Gasteiger partial charge in [-0.3, -0.25) is 4.79 Å². The molecular formula is C23H28Cl2N2O3. The molecule has 2 aromatic carbocycles. The lowest BCUT2D eigenvalue weighted by atomic mass is 10.1. The van der Waals surface area contributed by atoms with Crippen molar-refractivity contribution >= 4 is 29.1 Å². The number of ether oxygens (including phenoxy) is 2. The molecule has 0 aliphatic carbocycles. The van der Waals surface area contributed by atoms with Gasteiger partial charge in [0.15, 0.2) is 6.61 Å². The van der Waals surface area contributed by atoms with Crippen molar-refractivity contribution in [2.24, 2.45) is 5.92 Å². The molecule has 0 aromatic heterocycles. The Labute approximate surface area is 188 Å². The predicted molar refractivity (Wildman–Crippen MR) is 121 cm³/mol. The number of carbonyl (C=O) groups is 1. The van der Waals surface area contributed by atoms with Crippen molar-refractivity contribution in [2.75, 3.05) is 32.8 Å². The number of likely N-dealkylation sites (tertiary alicyclic amines) is 1. The van der Waals surface area contributed by atoms with Crippen LogP contribution in [0.1, 0.15) is 19.8 Å². The van der Waals surface area contributed by atoms with Crippen LogP contribution in [0.5, 0.6) is 11.5 Å². The van der Waals surface area contributed by atoms with Crippen molar-refractivity contribution in [3.05, 3.63) is 58.6 Å². The average molecular weight is 451 g/mol. The summed E-state index contributed by atoms with van der Waals surface area (Å²) in [7, 11) is 0. The van der Waals surface area contributed by atoms with Crippen molar-refractivity contribution in [2.45, 2.75) is 25.8 Å². The third kappa shape index (κ3) is 7.38. The SMILES string of the molecule is CC1C[C@H](CNC(=O)COc2ccc(Cl)cc2)CN1CCCOc1ccc(Cl)cc1. The number of carbonyl (C=O) groups excluding carboxylic acids is 1. The summed E-state index contributed by atoms with van der Waals surface area (Å²) in [6.45, 7) is 5.57. The maximum atomic E-state index is 12.1. The Hall–Kier alpha value is -1.95. The highest BCUT2D eigenvalue weighted by atomic mass is 35.5. The van der Waals surface area contributed by atoms with Crippen molar-refractivity contribution in [1.82, 2.24) is 10.2 Å². The fourth-order valence-corrected chi connectivity index (χ4v) is 3.91. The Morgan fingerprint density at radius 3 is 2.27 bits per heavy atom. The minimum Gasteiger partial charge on any atom is -0.494 e. The molecule has 0 bridgehead atoms. The maximum absolute atomic E-state index is 12.1. The quantitative estimate of drug-likeness (QED) is 0.534. The number of hydrogen-bond donors (Lipinski definition) is 1. The first-order chi connectivity index (χ1) is 14.5. The van der Waals surface area contributed by atoms with Gasteiger partial charge in [0.05, 0.1) is 6.61 Å². The van der Waals surface area contributed by atoms with Gasteiger partial charge in [-0.1, -0.05) is 23.2 Å². The molecule has 3 rings (SSSR count). The highest BCUT2D eigenvalue weighted by Gasteiger charge is 2.28. The van der Waals surface area contributed by atoms with Crippen LogP contribution in [0.25, 0.3) is 0 Å². The van der Waals surface area contributed by atoms with E-state index in [0.29, 0.717) is 40.9 Å². The van der Waals surface area contributed by atoms with Crippen LogP contribution in [0.3, 0.4) is 0 Å². The summed E-state index contributed by atoms with van der Waals surface area (Å²) >= 11 is 11.7. The number of hydrogen-bond acceptors (Lipinski definition) is 4. The molecule has 30 heavy (non-hydrogen) atoms. The molecule has 2 atom stereocenters. The lowest BCUT2D eigenvalue weighted by Gasteiger charge is -2.21. The molecule has 0 saturated carbocycles. The monoisotopic (exact) mass is 450 g/mol. The van der Waals surface area contributed by atoms with Gasteiger partial charge in [0.25, 0.3) is 5.91 Å². The van der Waals surface area contributed by atoms with E-state index in [1.807, 2.05) is 24.3 Å². The molecule has 162 valence electrons. The number of amides is 1. The van der Waals surface area contributed by atoms with Crippen molar-refractivity contribution in [3.8, 4) is 11.5 Å². The average Bonchev–Trinajstić information content (AvgIpc) is 3.10. The Morgan fingerprint density at radius 1 is 1.03 bits per heavy atom. The Morgan fingerprint density at radius 2 is 1.63 bits per heavy atom. The van der Waals surface area contributed by atoms with Gasteiger partial charge in [-0.2, -0.15) is 0 Å². The zero-order valence-corrected chi connectivity index (χ0v) is 18.7. The van der Waals surface area contributed by atoms with Gasteiger partial charge < -0.3 is 19.7 Å². The second-order valence-electron chi connectivity index (χ2n) is 7.65. The maximum Gasteiger partial charge on any atom is 0.257 e. The van der Waals surface area contributed by atoms with Crippen LogP contribution >= 0.6 is 23.2 Å². The first-order valence-corrected chi connectivity index (χ1v) is 11.0. The van der Waals surface area contributed by atoms with E-state index < -0.39 is 0 Å². The molecule has 1 fully saturated rings. The van der Waals surface area contributed by atoms with Crippen molar-refractivity contribution in [1.29, 1.82) is 0 Å². The smallest absolute Gasteiger partial charge is 0.257 e. The van der Waals surface area contributed by atoms with E-state index in [0.717, 1.165) is 31.7 Å². The van der Waals surface area contributed by atoms with E-state index >= 15 is 0 Å². The van der Waals surface area contributed by atoms with Crippen LogP contribution in [-0.4, -0.2) is 49.7 Å². The zero-order chi connectivity index (χ0) is 21.3. The Balaban J connectivity index is 1.29. The summed E-state index contributed by atoms with van der Waals surface area (Å²) in [6, 6.07) is 14.9. The predicted octanol–water partition coefficient (Wildman–Crippen LogP) is 4.67. The van der Waals surface area contributed by atoms with Gasteiger partial charge in [-0.15, -0.1) is 0 Å². The summed E-state index contributed by atoms with van der Waals surface area (Å²) in [4.78, 5) is 14.5. The lowest BCUT2D eigenvalue weighted by molar-refractivity contribution is -0.123. The molecule has 2 aromatic rings. The van der Waals surface area contributed by atoms with E-state index in [1.165, 1.54) is 0 Å². The van der Waals surface area contributed by atoms with E-state index in [9.17, 15) is 4.79 Å². The van der Waals surface area contributed by atoms with Gasteiger partial charge in [0.1, 0.15) is 11.5 Å². The van der Waals surface area contributed by atoms with Crippen LogP contribution in [0.2, 0.25) is 10.0 Å². The number of benzene rings is 2. The molecule has 0 radical (unpaired) electrons. The highest BCUT2D eigenvalue weighted by molar-refractivity contribution is 6.30. The zero-order valence-electron chi connectivity index (χ0n) is 17.2. The summed E-state index contributed by atoms with van der Waals surface area (Å²) in [5, 5.41) is 4.34. The van der Waals surface area contributed by atoms with E-state index in [1.54, 1.807) is 24.3 Å². The molecule has 7 heteroatoms. The molecule has 1 aliphatic rings. The molecule has 0 spiro atoms. The van der Waals surface area contributed by atoms with Crippen LogP contribution in [0.15, 0.2) is 48.5 Å². The summed E-state index contributed by atoms with van der Waals surface area (Å²) in [6.07, 6.45) is 2.04. The summed E-state index contributed by atoms with van der Waals surface area (Å²) in [5.41, 5.74) is 0. The second kappa shape index (κ2) is 11.4. The fraction of sp³-hybridized carbons (Fsp3) is 0.435. The number of rotatable bonds is 10. The fourth-order valence-electron chi connectivity index (χ4n) is 3.65. The molecule has 1 heterocycles. The van der Waals surface area contributed by atoms with Crippen LogP contribution in [0, 0.1) is 5.92 Å². The third-order valence-electron chi connectivity index (χ3n) is 5.23. The van der Waals surface area contributed by atoms with Gasteiger partial charge in [-0.05, 0) is 74.2 Å². The van der Waals surface area contributed by atoms with Crippen molar-refractivity contribution < 1.29 is 14.3 Å². The molecule has 1 aliphatic heterocycles. The van der Waals surface area contributed by atoms with E-state index in [4.69, 9.17) is 32.7 Å². The lowest BCUT2D eigenvalue weighted by Crippen LogP contribution is -2.34. The minimum atomic E-state index is -0.104. The molecule has 1 unspecified atom stereocenters. The van der Waals surface area contributed by atoms with E-state index in [2.05, 4.69) is 17.1 Å². The van der Waals surface area contributed by atoms with Gasteiger partial charge in [0.2, 0.25) is 0 Å². The first kappa shape index (κ1) is 22.7. The van der Waals surface area contributed by atoms with Crippen LogP contribution < -0.4 is 14.8 Å². The second-order valence-corrected chi connectivity index (χ2v) is 8.52. The first-order valence-electron chi connectivity index (χ1n) is 10.3. The highest BCUT2D eigenvalue weighted by Crippen LogP contribution is 2.23. The summed E-state index contributed by atoms with van der Waals surface area (Å²) < 4.78 is 11.3. The number of nitrogens with one attached hydrogen (secondary N) is 1. The molecular weight excluding hydrogens is 423 g/mol. The molecule has 1 amide bonds.